The van der Waals surface area contributed by atoms with Crippen LogP contribution < -0.4 is 5.73 Å². The molecular weight excluding hydrogens is 348 g/mol. The molecule has 5 rings (SSSR count). The van der Waals surface area contributed by atoms with E-state index in [0.717, 1.165) is 57.4 Å². The molecule has 0 saturated heterocycles. The highest BCUT2D eigenvalue weighted by molar-refractivity contribution is 6.04. The normalized spacial score (nSPS) is 11.5. The number of hydrogen-bond donors (Lipinski definition) is 2. The number of aryl methyl sites for hydroxylation is 1. The van der Waals surface area contributed by atoms with Gasteiger partial charge in [-0.05, 0) is 24.1 Å². The average molecular weight is 368 g/mol. The van der Waals surface area contributed by atoms with E-state index in [4.69, 9.17) is 5.73 Å². The Morgan fingerprint density at radius 1 is 0.964 bits per heavy atom. The van der Waals surface area contributed by atoms with Crippen molar-refractivity contribution in [1.29, 1.82) is 0 Å². The highest BCUT2D eigenvalue weighted by atomic mass is 15.3. The molecular formula is C22H20N6. The van der Waals surface area contributed by atoms with Crippen LogP contribution in [0.5, 0.6) is 0 Å². The molecule has 6 nitrogen and oxygen atoms in total. The van der Waals surface area contributed by atoms with E-state index in [2.05, 4.69) is 51.5 Å². The number of H-pyrrole nitrogens is 1. The van der Waals surface area contributed by atoms with Crippen molar-refractivity contribution in [2.24, 2.45) is 0 Å². The van der Waals surface area contributed by atoms with E-state index in [9.17, 15) is 0 Å². The molecule has 3 heterocycles. The number of fused-ring (bicyclic) bond motifs is 2. The molecule has 3 aromatic heterocycles. The molecule has 0 aliphatic heterocycles. The number of hydrogen-bond acceptors (Lipinski definition) is 4. The summed E-state index contributed by atoms with van der Waals surface area (Å²) in [6, 6.07) is 20.5. The molecule has 138 valence electrons. The Bertz CT molecular complexity index is 1280. The van der Waals surface area contributed by atoms with Crippen LogP contribution in [0.1, 0.15) is 13.3 Å². The first-order valence-electron chi connectivity index (χ1n) is 9.42. The highest BCUT2D eigenvalue weighted by Crippen LogP contribution is 2.38. The second-order valence-electron chi connectivity index (χ2n) is 6.86. The second-order valence-corrected chi connectivity index (χ2v) is 6.86. The molecule has 0 atom stereocenters. The molecule has 0 spiro atoms. The van der Waals surface area contributed by atoms with Crippen molar-refractivity contribution in [1.82, 2.24) is 25.0 Å². The van der Waals surface area contributed by atoms with Crippen molar-refractivity contribution in [3.8, 4) is 22.5 Å². The van der Waals surface area contributed by atoms with Gasteiger partial charge in [0.1, 0.15) is 0 Å². The Labute approximate surface area is 162 Å². The van der Waals surface area contributed by atoms with Crippen LogP contribution in [0.15, 0.2) is 60.7 Å². The zero-order chi connectivity index (χ0) is 19.1. The molecule has 3 N–H and O–H groups in total. The molecule has 0 radical (unpaired) electrons. The van der Waals surface area contributed by atoms with E-state index in [-0.39, 0.29) is 0 Å². The quantitative estimate of drug-likeness (QED) is 0.484. The minimum Gasteiger partial charge on any atom is -0.382 e. The van der Waals surface area contributed by atoms with Gasteiger partial charge < -0.3 is 10.7 Å². The van der Waals surface area contributed by atoms with Crippen LogP contribution in [0.4, 0.5) is 5.82 Å². The smallest absolute Gasteiger partial charge is 0.182 e. The van der Waals surface area contributed by atoms with Gasteiger partial charge in [0, 0.05) is 23.0 Å². The van der Waals surface area contributed by atoms with Gasteiger partial charge in [0.25, 0.3) is 0 Å². The van der Waals surface area contributed by atoms with Crippen LogP contribution in [-0.2, 0) is 6.54 Å². The standard InChI is InChI=1S/C22H20N6/c1-2-12-28-22-16(21(23)27-28)13-18(25-26-22)19-15-10-6-7-11-17(15)24-20(19)14-8-4-3-5-9-14/h3-11,13,24H,2,12H2,1H3,(H2,23,27). The summed E-state index contributed by atoms with van der Waals surface area (Å²) in [5.41, 5.74) is 11.9. The number of nitrogens with two attached hydrogens (primary N) is 1. The molecule has 5 aromatic rings. The number of para-hydroxylation sites is 1. The van der Waals surface area contributed by atoms with Crippen LogP contribution in [0.2, 0.25) is 0 Å². The molecule has 6 heteroatoms. The molecule has 0 saturated carbocycles. The van der Waals surface area contributed by atoms with Crippen molar-refractivity contribution in [2.75, 3.05) is 5.73 Å². The molecule has 0 aliphatic carbocycles. The summed E-state index contributed by atoms with van der Waals surface area (Å²) in [4.78, 5) is 3.55. The van der Waals surface area contributed by atoms with Gasteiger partial charge in [0.15, 0.2) is 11.5 Å². The van der Waals surface area contributed by atoms with E-state index >= 15 is 0 Å². The maximum absolute atomic E-state index is 6.18. The zero-order valence-electron chi connectivity index (χ0n) is 15.6. The number of nitrogen functional groups attached to an aromatic ring is 1. The van der Waals surface area contributed by atoms with E-state index in [1.165, 1.54) is 0 Å². The lowest BCUT2D eigenvalue weighted by Gasteiger charge is -2.05. The van der Waals surface area contributed by atoms with Crippen LogP contribution in [0, 0.1) is 0 Å². The number of nitrogens with zero attached hydrogens (tertiary/aromatic N) is 4. The summed E-state index contributed by atoms with van der Waals surface area (Å²) in [6.45, 7) is 2.87. The first-order valence-corrected chi connectivity index (χ1v) is 9.42. The number of benzene rings is 2. The Balaban J connectivity index is 1.78. The van der Waals surface area contributed by atoms with E-state index < -0.39 is 0 Å². The minimum atomic E-state index is 0.487. The molecule has 0 amide bonds. The lowest BCUT2D eigenvalue weighted by molar-refractivity contribution is 0.617. The fourth-order valence-corrected chi connectivity index (χ4v) is 3.71. The fraction of sp³-hybridized carbons (Fsp3) is 0.136. The maximum Gasteiger partial charge on any atom is 0.182 e. The molecule has 0 unspecified atom stereocenters. The van der Waals surface area contributed by atoms with Crippen molar-refractivity contribution in [2.45, 2.75) is 19.9 Å². The third kappa shape index (κ3) is 2.53. The molecule has 0 aliphatic rings. The Morgan fingerprint density at radius 3 is 2.57 bits per heavy atom. The van der Waals surface area contributed by atoms with Gasteiger partial charge in [-0.1, -0.05) is 55.5 Å². The fourth-order valence-electron chi connectivity index (χ4n) is 3.71. The van der Waals surface area contributed by atoms with Crippen molar-refractivity contribution < 1.29 is 0 Å². The lowest BCUT2D eigenvalue weighted by atomic mass is 10.0. The summed E-state index contributed by atoms with van der Waals surface area (Å²) in [7, 11) is 0. The first kappa shape index (κ1) is 16.5. The summed E-state index contributed by atoms with van der Waals surface area (Å²) >= 11 is 0. The summed E-state index contributed by atoms with van der Waals surface area (Å²) in [5, 5.41) is 15.4. The number of anilines is 1. The number of rotatable bonds is 4. The van der Waals surface area contributed by atoms with Gasteiger partial charge in [0.05, 0.1) is 16.8 Å². The van der Waals surface area contributed by atoms with Crippen LogP contribution in [0.3, 0.4) is 0 Å². The molecule has 0 fully saturated rings. The third-order valence-corrected chi connectivity index (χ3v) is 4.98. The first-order chi connectivity index (χ1) is 13.8. The zero-order valence-corrected chi connectivity index (χ0v) is 15.6. The maximum atomic E-state index is 6.18. The molecule has 28 heavy (non-hydrogen) atoms. The minimum absolute atomic E-state index is 0.487. The van der Waals surface area contributed by atoms with E-state index in [0.29, 0.717) is 5.82 Å². The van der Waals surface area contributed by atoms with E-state index in [1.54, 1.807) is 0 Å². The van der Waals surface area contributed by atoms with Gasteiger partial charge >= 0.3 is 0 Å². The van der Waals surface area contributed by atoms with Gasteiger partial charge in [-0.3, -0.25) is 0 Å². The Kier molecular flexibility index (Phi) is 3.83. The summed E-state index contributed by atoms with van der Waals surface area (Å²) < 4.78 is 1.83. The van der Waals surface area contributed by atoms with Crippen LogP contribution in [0.25, 0.3) is 44.5 Å². The predicted molar refractivity (Wildman–Crippen MR) is 113 cm³/mol. The van der Waals surface area contributed by atoms with Gasteiger partial charge in [-0.25, -0.2) is 4.68 Å². The highest BCUT2D eigenvalue weighted by Gasteiger charge is 2.18. The third-order valence-electron chi connectivity index (χ3n) is 4.98. The Morgan fingerprint density at radius 2 is 1.75 bits per heavy atom. The summed E-state index contributed by atoms with van der Waals surface area (Å²) in [6.07, 6.45) is 0.959. The summed E-state index contributed by atoms with van der Waals surface area (Å²) in [5.74, 6) is 0.487. The number of nitrogens with one attached hydrogen (secondary N) is 1. The number of aromatic amines is 1. The van der Waals surface area contributed by atoms with Crippen LogP contribution in [-0.4, -0.2) is 25.0 Å². The second kappa shape index (κ2) is 6.49. The topological polar surface area (TPSA) is 85.4 Å². The van der Waals surface area contributed by atoms with Crippen molar-refractivity contribution >= 4 is 27.8 Å². The number of aromatic nitrogens is 5. The molecule has 0 bridgehead atoms. The van der Waals surface area contributed by atoms with Gasteiger partial charge in [-0.15, -0.1) is 10.2 Å². The molecule has 2 aromatic carbocycles. The lowest BCUT2D eigenvalue weighted by Crippen LogP contribution is -2.01. The van der Waals surface area contributed by atoms with Crippen molar-refractivity contribution in [3.05, 3.63) is 60.7 Å². The van der Waals surface area contributed by atoms with Gasteiger partial charge in [0.2, 0.25) is 0 Å². The Hall–Kier alpha value is -3.67. The SMILES string of the molecule is CCCn1nc(N)c2cc(-c3c(-c4ccccc4)[nH]c4ccccc34)nnc21. The monoisotopic (exact) mass is 368 g/mol. The van der Waals surface area contributed by atoms with Crippen molar-refractivity contribution in [3.63, 3.8) is 0 Å². The largest absolute Gasteiger partial charge is 0.382 e. The predicted octanol–water partition coefficient (Wildman–Crippen LogP) is 4.63. The van der Waals surface area contributed by atoms with Crippen LogP contribution >= 0.6 is 0 Å². The average Bonchev–Trinajstić information content (AvgIpc) is 3.27. The van der Waals surface area contributed by atoms with Gasteiger partial charge in [-0.2, -0.15) is 5.10 Å². The van der Waals surface area contributed by atoms with E-state index in [1.807, 2.05) is 41.1 Å².